The van der Waals surface area contributed by atoms with E-state index in [1.807, 2.05) is 0 Å². The largest absolute Gasteiger partial charge is 0.508 e. The molecule has 0 aliphatic rings. The van der Waals surface area contributed by atoms with Gasteiger partial charge in [-0.3, -0.25) is 0 Å². The summed E-state index contributed by atoms with van der Waals surface area (Å²) in [5.74, 6) is 0.371. The van der Waals surface area contributed by atoms with Crippen LogP contribution < -0.4 is 4.74 Å². The third-order valence-corrected chi connectivity index (χ3v) is 3.35. The van der Waals surface area contributed by atoms with Crippen LogP contribution in [0, 0.1) is 11.2 Å². The fourth-order valence-corrected chi connectivity index (χ4v) is 2.27. The minimum absolute atomic E-state index is 0.0399. The molecular weight excluding hydrogens is 295 g/mol. The Kier molecular flexibility index (Phi) is 5.26. The van der Waals surface area contributed by atoms with Crippen molar-refractivity contribution in [2.75, 3.05) is 13.7 Å². The van der Waals surface area contributed by atoms with Gasteiger partial charge in [-0.25, -0.2) is 4.39 Å². The Morgan fingerprint density at radius 3 is 2.43 bits per heavy atom. The molecule has 0 spiro atoms. The van der Waals surface area contributed by atoms with Crippen molar-refractivity contribution in [1.82, 2.24) is 0 Å². The molecule has 0 saturated heterocycles. The molecule has 3 nitrogen and oxygen atoms in total. The molecule has 0 saturated carbocycles. The number of hydrogen-bond acceptors (Lipinski definition) is 3. The summed E-state index contributed by atoms with van der Waals surface area (Å²) < 4.78 is 25.1. The first kappa shape index (κ1) is 17.3. The summed E-state index contributed by atoms with van der Waals surface area (Å²) in [5, 5.41) is 9.74. The van der Waals surface area contributed by atoms with Crippen LogP contribution in [0.1, 0.15) is 26.3 Å². The van der Waals surface area contributed by atoms with E-state index in [9.17, 15) is 9.50 Å². The number of benzene rings is 2. The van der Waals surface area contributed by atoms with E-state index in [0.717, 1.165) is 5.56 Å². The predicted octanol–water partition coefficient (Wildman–Crippen LogP) is 4.77. The quantitative estimate of drug-likeness (QED) is 0.863. The first-order chi connectivity index (χ1) is 10.8. The first-order valence-electron chi connectivity index (χ1n) is 7.54. The van der Waals surface area contributed by atoms with Gasteiger partial charge in [0.1, 0.15) is 17.3 Å². The van der Waals surface area contributed by atoms with Crippen LogP contribution in [0.5, 0.6) is 11.5 Å². The summed E-state index contributed by atoms with van der Waals surface area (Å²) in [7, 11) is 1.54. The van der Waals surface area contributed by atoms with Crippen LogP contribution in [-0.2, 0) is 11.3 Å². The number of aromatic hydroxyl groups is 1. The van der Waals surface area contributed by atoms with Gasteiger partial charge in [-0.15, -0.1) is 0 Å². The number of phenols is 1. The number of ether oxygens (including phenoxy) is 2. The minimum Gasteiger partial charge on any atom is -0.508 e. The van der Waals surface area contributed by atoms with Crippen LogP contribution in [0.15, 0.2) is 36.4 Å². The highest BCUT2D eigenvalue weighted by Gasteiger charge is 2.14. The molecule has 4 heteroatoms. The lowest BCUT2D eigenvalue weighted by Crippen LogP contribution is -2.14. The van der Waals surface area contributed by atoms with E-state index in [4.69, 9.17) is 9.47 Å². The molecule has 2 aromatic carbocycles. The zero-order chi connectivity index (χ0) is 17.0. The van der Waals surface area contributed by atoms with Gasteiger partial charge in [0, 0.05) is 5.56 Å². The van der Waals surface area contributed by atoms with E-state index < -0.39 is 0 Å². The van der Waals surface area contributed by atoms with E-state index in [1.165, 1.54) is 6.07 Å². The molecule has 0 aromatic heterocycles. The molecular formula is C19H23FO3. The van der Waals surface area contributed by atoms with Crippen molar-refractivity contribution in [3.05, 3.63) is 47.8 Å². The van der Waals surface area contributed by atoms with Gasteiger partial charge in [0.2, 0.25) is 0 Å². The summed E-state index contributed by atoms with van der Waals surface area (Å²) in [4.78, 5) is 0. The van der Waals surface area contributed by atoms with Gasteiger partial charge in [0.05, 0.1) is 20.3 Å². The van der Waals surface area contributed by atoms with Crippen molar-refractivity contribution in [3.63, 3.8) is 0 Å². The van der Waals surface area contributed by atoms with Crippen molar-refractivity contribution < 1.29 is 19.0 Å². The third kappa shape index (κ3) is 4.70. The second kappa shape index (κ2) is 7.01. The second-order valence-electron chi connectivity index (χ2n) is 6.74. The van der Waals surface area contributed by atoms with Crippen molar-refractivity contribution in [2.24, 2.45) is 5.41 Å². The van der Waals surface area contributed by atoms with Gasteiger partial charge >= 0.3 is 0 Å². The summed E-state index contributed by atoms with van der Waals surface area (Å²) in [6.45, 7) is 7.12. The molecule has 0 unspecified atom stereocenters. The molecule has 2 rings (SSSR count). The normalized spacial score (nSPS) is 11.5. The Bertz CT molecular complexity index is 675. The molecule has 0 aliphatic heterocycles. The molecule has 0 bridgehead atoms. The summed E-state index contributed by atoms with van der Waals surface area (Å²) in [6.07, 6.45) is 0. The number of hydrogen-bond donors (Lipinski definition) is 1. The van der Waals surface area contributed by atoms with E-state index in [0.29, 0.717) is 30.1 Å². The van der Waals surface area contributed by atoms with Crippen LogP contribution in [0.25, 0.3) is 11.1 Å². The van der Waals surface area contributed by atoms with Crippen LogP contribution in [0.3, 0.4) is 0 Å². The Hall–Kier alpha value is -2.07. The van der Waals surface area contributed by atoms with Gasteiger partial charge in [-0.1, -0.05) is 26.8 Å². The maximum atomic E-state index is 14.2. The topological polar surface area (TPSA) is 38.7 Å². The number of methoxy groups -OCH3 is 1. The number of halogens is 1. The highest BCUT2D eigenvalue weighted by molar-refractivity contribution is 5.70. The van der Waals surface area contributed by atoms with Crippen molar-refractivity contribution in [3.8, 4) is 22.6 Å². The first-order valence-corrected chi connectivity index (χ1v) is 7.54. The monoisotopic (exact) mass is 318 g/mol. The average Bonchev–Trinajstić information content (AvgIpc) is 2.47. The van der Waals surface area contributed by atoms with E-state index in [-0.39, 0.29) is 17.0 Å². The molecule has 0 aliphatic carbocycles. The second-order valence-corrected chi connectivity index (χ2v) is 6.74. The predicted molar refractivity (Wildman–Crippen MR) is 89.2 cm³/mol. The highest BCUT2D eigenvalue weighted by atomic mass is 19.1. The Labute approximate surface area is 136 Å². The minimum atomic E-state index is -0.339. The molecule has 0 fully saturated rings. The highest BCUT2D eigenvalue weighted by Crippen LogP contribution is 2.32. The lowest BCUT2D eigenvalue weighted by molar-refractivity contribution is 0.0600. The summed E-state index contributed by atoms with van der Waals surface area (Å²) >= 11 is 0. The lowest BCUT2D eigenvalue weighted by Gasteiger charge is -2.19. The van der Waals surface area contributed by atoms with Crippen LogP contribution >= 0.6 is 0 Å². The maximum Gasteiger partial charge on any atom is 0.131 e. The number of rotatable bonds is 5. The molecule has 0 atom stereocenters. The van der Waals surface area contributed by atoms with Crippen LogP contribution in [-0.4, -0.2) is 18.8 Å². The molecule has 0 amide bonds. The SMILES string of the molecule is COc1ccc(F)c(-c2ccc(O)cc2COCC(C)(C)C)c1. The van der Waals surface area contributed by atoms with Crippen molar-refractivity contribution in [1.29, 1.82) is 0 Å². The zero-order valence-corrected chi connectivity index (χ0v) is 14.0. The van der Waals surface area contributed by atoms with Gasteiger partial charge in [-0.05, 0) is 46.9 Å². The molecule has 2 aromatic rings. The number of phenolic OH excluding ortho intramolecular Hbond substituents is 1. The Balaban J connectivity index is 2.35. The standard InChI is InChI=1S/C19H23FO3/c1-19(2,3)12-23-11-13-9-14(21)5-7-16(13)17-10-15(22-4)6-8-18(17)20/h5-10,21H,11-12H2,1-4H3. The average molecular weight is 318 g/mol. The van der Waals surface area contributed by atoms with Crippen LogP contribution in [0.2, 0.25) is 0 Å². The van der Waals surface area contributed by atoms with E-state index in [2.05, 4.69) is 20.8 Å². The smallest absolute Gasteiger partial charge is 0.131 e. The molecule has 0 radical (unpaired) electrons. The van der Waals surface area contributed by atoms with E-state index in [1.54, 1.807) is 37.4 Å². The van der Waals surface area contributed by atoms with Gasteiger partial charge in [0.25, 0.3) is 0 Å². The molecule has 124 valence electrons. The van der Waals surface area contributed by atoms with Gasteiger partial charge in [-0.2, -0.15) is 0 Å². The van der Waals surface area contributed by atoms with Crippen LogP contribution in [0.4, 0.5) is 4.39 Å². The van der Waals surface area contributed by atoms with Crippen molar-refractivity contribution in [2.45, 2.75) is 27.4 Å². The lowest BCUT2D eigenvalue weighted by atomic mass is 9.97. The zero-order valence-electron chi connectivity index (χ0n) is 14.0. The van der Waals surface area contributed by atoms with Crippen molar-refractivity contribution >= 4 is 0 Å². The van der Waals surface area contributed by atoms with E-state index >= 15 is 0 Å². The summed E-state index contributed by atoms with van der Waals surface area (Å²) in [5.41, 5.74) is 1.89. The summed E-state index contributed by atoms with van der Waals surface area (Å²) in [6, 6.07) is 9.45. The van der Waals surface area contributed by atoms with Gasteiger partial charge < -0.3 is 14.6 Å². The molecule has 23 heavy (non-hydrogen) atoms. The third-order valence-electron chi connectivity index (χ3n) is 3.35. The molecule has 0 heterocycles. The molecule has 1 N–H and O–H groups in total. The fraction of sp³-hybridized carbons (Fsp3) is 0.368. The Morgan fingerprint density at radius 2 is 1.78 bits per heavy atom. The fourth-order valence-electron chi connectivity index (χ4n) is 2.27. The Morgan fingerprint density at radius 1 is 1.04 bits per heavy atom. The van der Waals surface area contributed by atoms with Gasteiger partial charge in [0.15, 0.2) is 0 Å². The maximum absolute atomic E-state index is 14.2.